The van der Waals surface area contributed by atoms with E-state index < -0.39 is 0 Å². The Morgan fingerprint density at radius 1 is 1.29 bits per heavy atom. The minimum Gasteiger partial charge on any atom is -0.308 e. The summed E-state index contributed by atoms with van der Waals surface area (Å²) in [6.07, 6.45) is 2.18. The van der Waals surface area contributed by atoms with Crippen molar-refractivity contribution in [3.63, 3.8) is 0 Å². The van der Waals surface area contributed by atoms with Gasteiger partial charge in [0.05, 0.1) is 11.2 Å². The van der Waals surface area contributed by atoms with E-state index in [9.17, 15) is 0 Å². The van der Waals surface area contributed by atoms with Crippen LogP contribution in [0.4, 0.5) is 0 Å². The van der Waals surface area contributed by atoms with Crippen molar-refractivity contribution in [2.24, 2.45) is 0 Å². The molecule has 0 bridgehead atoms. The largest absolute Gasteiger partial charge is 0.308 e. The van der Waals surface area contributed by atoms with Crippen molar-refractivity contribution < 1.29 is 0 Å². The van der Waals surface area contributed by atoms with Gasteiger partial charge in [-0.3, -0.25) is 0 Å². The minimum atomic E-state index is 0.0870. The molecule has 2 nitrogen and oxygen atoms in total. The minimum absolute atomic E-state index is 0.0870. The number of rotatable bonds is 4. The Kier molecular flexibility index (Phi) is 3.67. The van der Waals surface area contributed by atoms with E-state index in [1.807, 2.05) is 18.4 Å². The van der Waals surface area contributed by atoms with Crippen molar-refractivity contribution in [2.45, 2.75) is 46.1 Å². The predicted molar refractivity (Wildman–Crippen MR) is 62.9 cm³/mol. The summed E-state index contributed by atoms with van der Waals surface area (Å²) in [5.41, 5.74) is 1.26. The molecular weight excluding hydrogens is 192 g/mol. The molecule has 0 aliphatic heterocycles. The molecule has 0 fully saturated rings. The first kappa shape index (κ1) is 11.7. The molecule has 0 unspecified atom stereocenters. The van der Waals surface area contributed by atoms with E-state index in [0.29, 0.717) is 0 Å². The van der Waals surface area contributed by atoms with Gasteiger partial charge in [0.1, 0.15) is 5.01 Å². The molecule has 0 saturated heterocycles. The standard InChI is InChI=1S/C11H20N2S/c1-6-11(7-2,12-5)10-13-8(3)9(4)14-10/h12H,6-7H2,1-5H3. The van der Waals surface area contributed by atoms with Crippen LogP contribution in [0.2, 0.25) is 0 Å². The summed E-state index contributed by atoms with van der Waals surface area (Å²) < 4.78 is 0. The van der Waals surface area contributed by atoms with Gasteiger partial charge in [-0.25, -0.2) is 4.98 Å². The maximum atomic E-state index is 4.65. The zero-order valence-corrected chi connectivity index (χ0v) is 10.6. The molecule has 14 heavy (non-hydrogen) atoms. The van der Waals surface area contributed by atoms with Crippen LogP contribution in [0, 0.1) is 13.8 Å². The van der Waals surface area contributed by atoms with Crippen LogP contribution in [-0.2, 0) is 5.54 Å². The molecule has 0 aliphatic carbocycles. The number of nitrogens with one attached hydrogen (secondary N) is 1. The summed E-state index contributed by atoms with van der Waals surface area (Å²) in [4.78, 5) is 5.99. The Balaban J connectivity index is 3.10. The van der Waals surface area contributed by atoms with E-state index in [-0.39, 0.29) is 5.54 Å². The van der Waals surface area contributed by atoms with Crippen LogP contribution in [0.1, 0.15) is 42.3 Å². The molecule has 1 rings (SSSR count). The molecule has 0 amide bonds. The summed E-state index contributed by atoms with van der Waals surface area (Å²) in [5.74, 6) is 0. The van der Waals surface area contributed by atoms with Gasteiger partial charge in [0.25, 0.3) is 0 Å². The van der Waals surface area contributed by atoms with Gasteiger partial charge in [0.2, 0.25) is 0 Å². The second-order valence-corrected chi connectivity index (χ2v) is 4.90. The van der Waals surface area contributed by atoms with Gasteiger partial charge >= 0.3 is 0 Å². The molecule has 0 radical (unpaired) electrons. The number of aryl methyl sites for hydroxylation is 2. The Bertz CT molecular complexity index is 272. The number of hydrogen-bond donors (Lipinski definition) is 1. The average Bonchev–Trinajstić information content (AvgIpc) is 2.51. The predicted octanol–water partition coefficient (Wildman–Crippen LogP) is 2.99. The van der Waals surface area contributed by atoms with Crippen molar-refractivity contribution in [2.75, 3.05) is 7.05 Å². The van der Waals surface area contributed by atoms with Gasteiger partial charge in [-0.1, -0.05) is 13.8 Å². The lowest BCUT2D eigenvalue weighted by atomic mass is 9.94. The van der Waals surface area contributed by atoms with Crippen LogP contribution in [0.5, 0.6) is 0 Å². The quantitative estimate of drug-likeness (QED) is 0.830. The fourth-order valence-electron chi connectivity index (χ4n) is 1.69. The van der Waals surface area contributed by atoms with Gasteiger partial charge in [0, 0.05) is 4.88 Å². The molecule has 80 valence electrons. The normalized spacial score (nSPS) is 12.1. The van der Waals surface area contributed by atoms with Crippen LogP contribution in [0.25, 0.3) is 0 Å². The summed E-state index contributed by atoms with van der Waals surface area (Å²) in [6.45, 7) is 8.65. The topological polar surface area (TPSA) is 24.9 Å². The molecule has 0 aliphatic rings. The van der Waals surface area contributed by atoms with Crippen molar-refractivity contribution >= 4 is 11.3 Å². The van der Waals surface area contributed by atoms with E-state index >= 15 is 0 Å². The SMILES string of the molecule is CCC(CC)(NC)c1nc(C)c(C)s1. The van der Waals surface area contributed by atoms with Crippen LogP contribution in [0.3, 0.4) is 0 Å². The molecule has 0 saturated carbocycles. The van der Waals surface area contributed by atoms with Crippen molar-refractivity contribution in [1.29, 1.82) is 0 Å². The molecule has 0 aromatic carbocycles. The maximum absolute atomic E-state index is 4.65. The zero-order chi connectivity index (χ0) is 10.8. The highest BCUT2D eigenvalue weighted by Gasteiger charge is 2.29. The fraction of sp³-hybridized carbons (Fsp3) is 0.727. The van der Waals surface area contributed by atoms with Gasteiger partial charge in [-0.2, -0.15) is 0 Å². The monoisotopic (exact) mass is 212 g/mol. The van der Waals surface area contributed by atoms with Crippen LogP contribution in [-0.4, -0.2) is 12.0 Å². The number of thiazole rings is 1. The third-order valence-corrected chi connectivity index (χ3v) is 4.40. The van der Waals surface area contributed by atoms with Crippen molar-refractivity contribution in [3.05, 3.63) is 15.6 Å². The first-order chi connectivity index (χ1) is 6.59. The van der Waals surface area contributed by atoms with Crippen LogP contribution >= 0.6 is 11.3 Å². The lowest BCUT2D eigenvalue weighted by molar-refractivity contribution is 0.333. The molecular formula is C11H20N2S. The van der Waals surface area contributed by atoms with Crippen LogP contribution in [0.15, 0.2) is 0 Å². The van der Waals surface area contributed by atoms with Gasteiger partial charge in [-0.15, -0.1) is 11.3 Å². The van der Waals surface area contributed by atoms with Crippen LogP contribution < -0.4 is 5.32 Å². The highest BCUT2D eigenvalue weighted by atomic mass is 32.1. The molecule has 1 N–H and O–H groups in total. The van der Waals surface area contributed by atoms with Crippen molar-refractivity contribution in [1.82, 2.24) is 10.3 Å². The van der Waals surface area contributed by atoms with E-state index in [2.05, 4.69) is 38.0 Å². The number of nitrogens with zero attached hydrogens (tertiary/aromatic N) is 1. The van der Waals surface area contributed by atoms with E-state index in [0.717, 1.165) is 12.8 Å². The number of aromatic nitrogens is 1. The first-order valence-corrected chi connectivity index (χ1v) is 6.04. The van der Waals surface area contributed by atoms with E-state index in [1.54, 1.807) is 0 Å². The lowest BCUT2D eigenvalue weighted by Gasteiger charge is -2.28. The van der Waals surface area contributed by atoms with Gasteiger partial charge in [-0.05, 0) is 33.7 Å². The smallest absolute Gasteiger partial charge is 0.113 e. The lowest BCUT2D eigenvalue weighted by Crippen LogP contribution is -2.38. The molecule has 0 atom stereocenters. The average molecular weight is 212 g/mol. The summed E-state index contributed by atoms with van der Waals surface area (Å²) in [7, 11) is 2.03. The summed E-state index contributed by atoms with van der Waals surface area (Å²) >= 11 is 1.82. The molecule has 0 spiro atoms. The summed E-state index contributed by atoms with van der Waals surface area (Å²) in [6, 6.07) is 0. The van der Waals surface area contributed by atoms with Crippen molar-refractivity contribution in [3.8, 4) is 0 Å². The third kappa shape index (κ3) is 1.84. The van der Waals surface area contributed by atoms with E-state index in [4.69, 9.17) is 0 Å². The number of hydrogen-bond acceptors (Lipinski definition) is 3. The highest BCUT2D eigenvalue weighted by Crippen LogP contribution is 2.32. The Labute approximate surface area is 90.8 Å². The second-order valence-electron chi connectivity index (χ2n) is 3.70. The Morgan fingerprint density at radius 3 is 2.14 bits per heavy atom. The second kappa shape index (κ2) is 4.41. The molecule has 3 heteroatoms. The first-order valence-electron chi connectivity index (χ1n) is 5.23. The Morgan fingerprint density at radius 2 is 1.86 bits per heavy atom. The third-order valence-electron chi connectivity index (χ3n) is 3.12. The van der Waals surface area contributed by atoms with Gasteiger partial charge < -0.3 is 5.32 Å². The molecule has 1 heterocycles. The maximum Gasteiger partial charge on any atom is 0.113 e. The molecule has 1 aromatic heterocycles. The highest BCUT2D eigenvalue weighted by molar-refractivity contribution is 7.11. The van der Waals surface area contributed by atoms with E-state index in [1.165, 1.54) is 15.6 Å². The summed E-state index contributed by atoms with van der Waals surface area (Å²) in [5, 5.41) is 4.66. The van der Waals surface area contributed by atoms with Gasteiger partial charge in [0.15, 0.2) is 0 Å². The molecule has 1 aromatic rings. The Hall–Kier alpha value is -0.410. The fourth-order valence-corrected chi connectivity index (χ4v) is 2.94. The zero-order valence-electron chi connectivity index (χ0n) is 9.77.